The molecule has 4 N–H and O–H groups in total. The monoisotopic (exact) mass is 509 g/mol. The highest BCUT2D eigenvalue weighted by molar-refractivity contribution is 9.10. The standard InChI is InChI=1S/C24H20BrN3O3S/c25-18-9-4-6-16(12-18)13-21(28-23(30)17-7-2-1-3-8-17)24(31)27-19-10-5-11-20(14-19)32-15-22(26)29/h1-14H,15H2,(H2,26,29)(H,27,31)(H,28,30)/b21-13+. The molecule has 0 radical (unpaired) electrons. The maximum Gasteiger partial charge on any atom is 0.272 e. The zero-order valence-corrected chi connectivity index (χ0v) is 19.3. The number of primary amides is 1. The van der Waals surface area contributed by atoms with Crippen LogP contribution in [-0.2, 0) is 9.59 Å². The van der Waals surface area contributed by atoms with Gasteiger partial charge in [0.25, 0.3) is 11.8 Å². The van der Waals surface area contributed by atoms with E-state index in [1.165, 1.54) is 11.8 Å². The Labute approximate surface area is 198 Å². The minimum absolute atomic E-state index is 0.0899. The lowest BCUT2D eigenvalue weighted by atomic mass is 10.1. The Balaban J connectivity index is 1.84. The molecule has 8 heteroatoms. The van der Waals surface area contributed by atoms with Gasteiger partial charge in [-0.05, 0) is 54.1 Å². The maximum atomic E-state index is 13.1. The quantitative estimate of drug-likeness (QED) is 0.308. The highest BCUT2D eigenvalue weighted by atomic mass is 79.9. The predicted octanol–water partition coefficient (Wildman–Crippen LogP) is 4.44. The molecule has 0 unspecified atom stereocenters. The van der Waals surface area contributed by atoms with Crippen LogP contribution < -0.4 is 16.4 Å². The number of nitrogens with two attached hydrogens (primary N) is 1. The molecule has 6 nitrogen and oxygen atoms in total. The molecule has 162 valence electrons. The molecule has 0 aliphatic carbocycles. The van der Waals surface area contributed by atoms with Crippen LogP contribution in [0.15, 0.2) is 93.9 Å². The minimum atomic E-state index is -0.480. The third-order valence-corrected chi connectivity index (χ3v) is 5.67. The van der Waals surface area contributed by atoms with Crippen LogP contribution in [0.25, 0.3) is 6.08 Å². The van der Waals surface area contributed by atoms with E-state index >= 15 is 0 Å². The average molecular weight is 510 g/mol. The summed E-state index contributed by atoms with van der Waals surface area (Å²) in [4.78, 5) is 37.6. The Hall–Kier alpha value is -3.36. The van der Waals surface area contributed by atoms with Gasteiger partial charge in [-0.3, -0.25) is 14.4 Å². The van der Waals surface area contributed by atoms with Crippen LogP contribution >= 0.6 is 27.7 Å². The fraction of sp³-hybridized carbons (Fsp3) is 0.0417. The Bertz CT molecular complexity index is 1170. The zero-order chi connectivity index (χ0) is 22.9. The van der Waals surface area contributed by atoms with E-state index < -0.39 is 17.7 Å². The first-order chi connectivity index (χ1) is 15.4. The van der Waals surface area contributed by atoms with Crippen LogP contribution in [0.2, 0.25) is 0 Å². The van der Waals surface area contributed by atoms with Crippen LogP contribution in [0.1, 0.15) is 15.9 Å². The number of amides is 3. The topological polar surface area (TPSA) is 101 Å². The van der Waals surface area contributed by atoms with E-state index in [9.17, 15) is 14.4 Å². The maximum absolute atomic E-state index is 13.1. The molecule has 0 saturated carbocycles. The lowest BCUT2D eigenvalue weighted by Crippen LogP contribution is -2.30. The number of hydrogen-bond acceptors (Lipinski definition) is 4. The SMILES string of the molecule is NC(=O)CSc1cccc(NC(=O)/C(=C\c2cccc(Br)c2)NC(=O)c2ccccc2)c1. The predicted molar refractivity (Wildman–Crippen MR) is 131 cm³/mol. The van der Waals surface area contributed by atoms with Crippen molar-refractivity contribution in [3.05, 3.63) is 100 Å². The number of halogens is 1. The molecular weight excluding hydrogens is 490 g/mol. The third kappa shape index (κ3) is 7.11. The third-order valence-electron chi connectivity index (χ3n) is 4.16. The molecule has 32 heavy (non-hydrogen) atoms. The van der Waals surface area contributed by atoms with Gasteiger partial charge in [0, 0.05) is 20.6 Å². The summed E-state index contributed by atoms with van der Waals surface area (Å²) in [5.74, 6) is -1.16. The molecule has 0 aliphatic rings. The summed E-state index contributed by atoms with van der Waals surface area (Å²) >= 11 is 4.69. The second-order valence-corrected chi connectivity index (χ2v) is 8.63. The van der Waals surface area contributed by atoms with E-state index in [0.29, 0.717) is 11.3 Å². The highest BCUT2D eigenvalue weighted by Gasteiger charge is 2.15. The largest absolute Gasteiger partial charge is 0.369 e. The Morgan fingerprint density at radius 1 is 0.938 bits per heavy atom. The number of carbonyl (C=O) groups is 3. The van der Waals surface area contributed by atoms with E-state index in [1.54, 1.807) is 48.5 Å². The lowest BCUT2D eigenvalue weighted by molar-refractivity contribution is -0.115. The molecule has 0 saturated heterocycles. The fourth-order valence-corrected chi connectivity index (χ4v) is 3.83. The Morgan fingerprint density at radius 3 is 2.41 bits per heavy atom. The molecule has 0 fully saturated rings. The second-order valence-electron chi connectivity index (χ2n) is 6.67. The van der Waals surface area contributed by atoms with Gasteiger partial charge in [0.05, 0.1) is 5.75 Å². The van der Waals surface area contributed by atoms with Crippen molar-refractivity contribution in [2.24, 2.45) is 5.73 Å². The van der Waals surface area contributed by atoms with E-state index in [0.717, 1.165) is 14.9 Å². The van der Waals surface area contributed by atoms with Gasteiger partial charge in [-0.15, -0.1) is 11.8 Å². The van der Waals surface area contributed by atoms with Crippen LogP contribution in [0, 0.1) is 0 Å². The summed E-state index contributed by atoms with van der Waals surface area (Å²) in [5, 5.41) is 5.50. The lowest BCUT2D eigenvalue weighted by Gasteiger charge is -2.12. The molecule has 0 atom stereocenters. The van der Waals surface area contributed by atoms with E-state index in [2.05, 4.69) is 26.6 Å². The number of rotatable bonds is 8. The van der Waals surface area contributed by atoms with Gasteiger partial charge in [0.2, 0.25) is 5.91 Å². The number of carbonyl (C=O) groups excluding carboxylic acids is 3. The normalized spacial score (nSPS) is 11.0. The summed E-state index contributed by atoms with van der Waals surface area (Å²) in [6.07, 6.45) is 1.60. The van der Waals surface area contributed by atoms with Crippen molar-refractivity contribution in [3.8, 4) is 0 Å². The first kappa shape index (κ1) is 23.3. The molecular formula is C24H20BrN3O3S. The Morgan fingerprint density at radius 2 is 1.69 bits per heavy atom. The van der Waals surface area contributed by atoms with Gasteiger partial charge in [0.1, 0.15) is 5.70 Å². The summed E-state index contributed by atoms with van der Waals surface area (Å²) in [6.45, 7) is 0. The number of nitrogens with one attached hydrogen (secondary N) is 2. The number of anilines is 1. The summed E-state index contributed by atoms with van der Waals surface area (Å²) in [5.41, 5.74) is 6.99. The van der Waals surface area contributed by atoms with Crippen molar-refractivity contribution in [2.45, 2.75) is 4.90 Å². The zero-order valence-electron chi connectivity index (χ0n) is 16.9. The van der Waals surface area contributed by atoms with Crippen molar-refractivity contribution in [1.29, 1.82) is 0 Å². The molecule has 3 aromatic rings. The molecule has 0 bridgehead atoms. The molecule has 0 spiro atoms. The van der Waals surface area contributed by atoms with Gasteiger partial charge in [-0.2, -0.15) is 0 Å². The second kappa shape index (κ2) is 11.3. The van der Waals surface area contributed by atoms with Crippen molar-refractivity contribution >= 4 is 57.2 Å². The summed E-state index contributed by atoms with van der Waals surface area (Å²) in [6, 6.07) is 23.1. The van der Waals surface area contributed by atoms with Crippen LogP contribution in [0.4, 0.5) is 5.69 Å². The van der Waals surface area contributed by atoms with Gasteiger partial charge < -0.3 is 16.4 Å². The van der Waals surface area contributed by atoms with Crippen molar-refractivity contribution in [3.63, 3.8) is 0 Å². The van der Waals surface area contributed by atoms with E-state index in [4.69, 9.17) is 5.73 Å². The van der Waals surface area contributed by atoms with Crippen LogP contribution in [-0.4, -0.2) is 23.5 Å². The van der Waals surface area contributed by atoms with Gasteiger partial charge in [-0.25, -0.2) is 0 Å². The summed E-state index contributed by atoms with van der Waals surface area (Å²) in [7, 11) is 0. The molecule has 0 aliphatic heterocycles. The van der Waals surface area contributed by atoms with Crippen LogP contribution in [0.3, 0.4) is 0 Å². The first-order valence-electron chi connectivity index (χ1n) is 9.57. The number of hydrogen-bond donors (Lipinski definition) is 3. The van der Waals surface area contributed by atoms with Gasteiger partial charge in [0.15, 0.2) is 0 Å². The molecule has 3 aromatic carbocycles. The Kier molecular flexibility index (Phi) is 8.24. The number of benzene rings is 3. The minimum Gasteiger partial charge on any atom is -0.369 e. The van der Waals surface area contributed by atoms with E-state index in [-0.39, 0.29) is 11.4 Å². The molecule has 0 aromatic heterocycles. The van der Waals surface area contributed by atoms with Crippen molar-refractivity contribution in [1.82, 2.24) is 5.32 Å². The van der Waals surface area contributed by atoms with Crippen molar-refractivity contribution in [2.75, 3.05) is 11.1 Å². The first-order valence-corrected chi connectivity index (χ1v) is 11.3. The van der Waals surface area contributed by atoms with Crippen LogP contribution in [0.5, 0.6) is 0 Å². The molecule has 0 heterocycles. The van der Waals surface area contributed by atoms with Crippen molar-refractivity contribution < 1.29 is 14.4 Å². The van der Waals surface area contributed by atoms with Gasteiger partial charge in [-0.1, -0.05) is 52.3 Å². The number of thioether (sulfide) groups is 1. The highest BCUT2D eigenvalue weighted by Crippen LogP contribution is 2.22. The summed E-state index contributed by atoms with van der Waals surface area (Å²) < 4.78 is 0.847. The molecule has 3 amide bonds. The molecule has 3 rings (SSSR count). The average Bonchev–Trinajstić information content (AvgIpc) is 2.78. The van der Waals surface area contributed by atoms with E-state index in [1.807, 2.05) is 36.4 Å². The smallest absolute Gasteiger partial charge is 0.272 e. The fourth-order valence-electron chi connectivity index (χ4n) is 2.72. The van der Waals surface area contributed by atoms with Gasteiger partial charge >= 0.3 is 0 Å².